The number of aliphatic hydroxyl groups is 2. The van der Waals surface area contributed by atoms with Gasteiger partial charge in [0.25, 0.3) is 0 Å². The predicted octanol–water partition coefficient (Wildman–Crippen LogP) is 4.07. The van der Waals surface area contributed by atoms with E-state index in [4.69, 9.17) is 4.74 Å². The van der Waals surface area contributed by atoms with Crippen molar-refractivity contribution in [1.29, 1.82) is 0 Å². The molecule has 146 valence electrons. The molecular formula is C21H38O4. The zero-order valence-corrected chi connectivity index (χ0v) is 17.0. The molecule has 0 unspecified atom stereocenters. The van der Waals surface area contributed by atoms with E-state index in [1.54, 1.807) is 13.8 Å². The van der Waals surface area contributed by atoms with E-state index < -0.39 is 16.6 Å². The molecule has 2 rings (SSSR count). The summed E-state index contributed by atoms with van der Waals surface area (Å²) in [5.41, 5.74) is -2.46. The molecule has 0 bridgehead atoms. The first-order valence-corrected chi connectivity index (χ1v) is 9.98. The molecule has 4 heteroatoms. The molecule has 2 aliphatic carbocycles. The summed E-state index contributed by atoms with van der Waals surface area (Å²) < 4.78 is 5.22. The normalized spacial score (nSPS) is 42.4. The van der Waals surface area contributed by atoms with Crippen LogP contribution in [-0.4, -0.2) is 34.0 Å². The van der Waals surface area contributed by atoms with Crippen molar-refractivity contribution in [3.8, 4) is 0 Å². The Kier molecular flexibility index (Phi) is 5.67. The van der Waals surface area contributed by atoms with E-state index in [9.17, 15) is 15.0 Å². The molecule has 0 aromatic heterocycles. The van der Waals surface area contributed by atoms with Crippen LogP contribution < -0.4 is 0 Å². The van der Waals surface area contributed by atoms with Gasteiger partial charge in [-0.1, -0.05) is 20.8 Å². The van der Waals surface area contributed by atoms with Gasteiger partial charge in [-0.05, 0) is 83.0 Å². The van der Waals surface area contributed by atoms with E-state index >= 15 is 0 Å². The summed E-state index contributed by atoms with van der Waals surface area (Å²) in [6, 6.07) is 0. The van der Waals surface area contributed by atoms with E-state index in [0.717, 1.165) is 32.1 Å². The van der Waals surface area contributed by atoms with E-state index in [1.165, 1.54) is 0 Å². The zero-order chi connectivity index (χ0) is 19.1. The van der Waals surface area contributed by atoms with Gasteiger partial charge in [-0.3, -0.25) is 4.79 Å². The third-order valence-corrected chi connectivity index (χ3v) is 7.40. The molecular weight excluding hydrogens is 316 g/mol. The van der Waals surface area contributed by atoms with Crippen molar-refractivity contribution in [2.24, 2.45) is 22.7 Å². The Morgan fingerprint density at radius 3 is 2.12 bits per heavy atom. The number of rotatable bonds is 4. The van der Waals surface area contributed by atoms with Crippen LogP contribution in [0, 0.1) is 22.7 Å². The molecule has 25 heavy (non-hydrogen) atoms. The van der Waals surface area contributed by atoms with Crippen LogP contribution >= 0.6 is 0 Å². The lowest BCUT2D eigenvalue weighted by Gasteiger charge is -2.45. The van der Waals surface area contributed by atoms with Gasteiger partial charge in [0.2, 0.25) is 0 Å². The Labute approximate surface area is 153 Å². The summed E-state index contributed by atoms with van der Waals surface area (Å²) in [5, 5.41) is 22.3. The SMILES string of the molecule is CCOC(=O)[C@]1(C)CC[C@@H](CC2(O)CCC(C(C)(C)C)CC2)[C@]1(C)O. The van der Waals surface area contributed by atoms with Gasteiger partial charge in [-0.15, -0.1) is 0 Å². The molecule has 3 atom stereocenters. The van der Waals surface area contributed by atoms with Crippen LogP contribution in [-0.2, 0) is 9.53 Å². The first kappa shape index (κ1) is 20.7. The quantitative estimate of drug-likeness (QED) is 0.747. The van der Waals surface area contributed by atoms with Crippen LogP contribution in [0.2, 0.25) is 0 Å². The average molecular weight is 355 g/mol. The van der Waals surface area contributed by atoms with Crippen molar-refractivity contribution in [1.82, 2.24) is 0 Å². The number of hydrogen-bond donors (Lipinski definition) is 2. The van der Waals surface area contributed by atoms with E-state index in [2.05, 4.69) is 20.8 Å². The summed E-state index contributed by atoms with van der Waals surface area (Å²) in [6.45, 7) is 12.5. The van der Waals surface area contributed by atoms with Crippen molar-refractivity contribution >= 4 is 5.97 Å². The molecule has 2 N–H and O–H groups in total. The fourth-order valence-corrected chi connectivity index (χ4v) is 5.03. The van der Waals surface area contributed by atoms with Crippen molar-refractivity contribution in [2.45, 2.75) is 97.7 Å². The Bertz CT molecular complexity index is 483. The largest absolute Gasteiger partial charge is 0.465 e. The number of carbonyl (C=O) groups is 1. The Hall–Kier alpha value is -0.610. The summed E-state index contributed by atoms with van der Waals surface area (Å²) in [4.78, 5) is 12.4. The first-order chi connectivity index (χ1) is 11.4. The molecule has 4 nitrogen and oxygen atoms in total. The third kappa shape index (κ3) is 3.90. The fraction of sp³-hybridized carbons (Fsp3) is 0.952. The van der Waals surface area contributed by atoms with Gasteiger partial charge in [0.1, 0.15) is 0 Å². The highest BCUT2D eigenvalue weighted by Crippen LogP contribution is 2.54. The van der Waals surface area contributed by atoms with Crippen molar-refractivity contribution in [3.63, 3.8) is 0 Å². The Morgan fingerprint density at radius 2 is 1.64 bits per heavy atom. The number of carbonyl (C=O) groups excluding carboxylic acids is 1. The number of ether oxygens (including phenoxy) is 1. The third-order valence-electron chi connectivity index (χ3n) is 7.40. The average Bonchev–Trinajstić information content (AvgIpc) is 2.71. The van der Waals surface area contributed by atoms with Crippen molar-refractivity contribution in [2.75, 3.05) is 6.61 Å². The standard InChI is InChI=1S/C21H38O4/c1-7-25-17(22)19(5)11-8-16(20(19,6)23)14-21(24)12-9-15(10-13-21)18(2,3)4/h15-16,23-24H,7-14H2,1-6H3/t15?,16-,19-,20-,21?/m0/s1. The van der Waals surface area contributed by atoms with Gasteiger partial charge in [0.15, 0.2) is 0 Å². The topological polar surface area (TPSA) is 66.8 Å². The van der Waals surface area contributed by atoms with E-state index in [-0.39, 0.29) is 17.3 Å². The molecule has 0 amide bonds. The summed E-state index contributed by atoms with van der Waals surface area (Å²) in [5.74, 6) is 0.255. The summed E-state index contributed by atoms with van der Waals surface area (Å²) in [6.07, 6.45) is 5.59. The lowest BCUT2D eigenvalue weighted by atomic mass is 9.65. The van der Waals surface area contributed by atoms with E-state index in [0.29, 0.717) is 25.4 Å². The molecule has 0 heterocycles. The lowest BCUT2D eigenvalue weighted by Crippen LogP contribution is -2.51. The van der Waals surface area contributed by atoms with Crippen molar-refractivity contribution in [3.05, 3.63) is 0 Å². The van der Waals surface area contributed by atoms with Crippen LogP contribution in [0.4, 0.5) is 0 Å². The highest BCUT2D eigenvalue weighted by atomic mass is 16.5. The smallest absolute Gasteiger partial charge is 0.314 e. The number of hydrogen-bond acceptors (Lipinski definition) is 4. The first-order valence-electron chi connectivity index (χ1n) is 9.98. The molecule has 0 aromatic rings. The molecule has 0 radical (unpaired) electrons. The fourth-order valence-electron chi connectivity index (χ4n) is 5.03. The minimum absolute atomic E-state index is 0.0712. The molecule has 0 aliphatic heterocycles. The monoisotopic (exact) mass is 354 g/mol. The highest BCUT2D eigenvalue weighted by molar-refractivity contribution is 5.78. The second-order valence-electron chi connectivity index (χ2n) is 10.0. The second kappa shape index (κ2) is 6.84. The van der Waals surface area contributed by atoms with Gasteiger partial charge in [0.05, 0.1) is 23.2 Å². The number of esters is 1. The van der Waals surface area contributed by atoms with Crippen LogP contribution in [0.15, 0.2) is 0 Å². The molecule has 0 spiro atoms. The minimum Gasteiger partial charge on any atom is -0.465 e. The maximum atomic E-state index is 12.4. The van der Waals surface area contributed by atoms with Crippen LogP contribution in [0.25, 0.3) is 0 Å². The molecule has 0 aromatic carbocycles. The van der Waals surface area contributed by atoms with Gasteiger partial charge in [-0.25, -0.2) is 0 Å². The lowest BCUT2D eigenvalue weighted by molar-refractivity contribution is -0.173. The Balaban J connectivity index is 2.05. The summed E-state index contributed by atoms with van der Waals surface area (Å²) in [7, 11) is 0. The van der Waals surface area contributed by atoms with Crippen LogP contribution in [0.5, 0.6) is 0 Å². The Morgan fingerprint density at radius 1 is 1.08 bits per heavy atom. The molecule has 2 saturated carbocycles. The maximum absolute atomic E-state index is 12.4. The van der Waals surface area contributed by atoms with Crippen LogP contribution in [0.3, 0.4) is 0 Å². The van der Waals surface area contributed by atoms with Gasteiger partial charge < -0.3 is 14.9 Å². The zero-order valence-electron chi connectivity index (χ0n) is 17.0. The maximum Gasteiger partial charge on any atom is 0.314 e. The van der Waals surface area contributed by atoms with Gasteiger partial charge in [0, 0.05) is 0 Å². The molecule has 2 aliphatic rings. The van der Waals surface area contributed by atoms with Crippen LogP contribution in [0.1, 0.15) is 86.5 Å². The van der Waals surface area contributed by atoms with Crippen molar-refractivity contribution < 1.29 is 19.7 Å². The molecule has 2 fully saturated rings. The van der Waals surface area contributed by atoms with E-state index in [1.807, 2.05) is 6.92 Å². The predicted molar refractivity (Wildman–Crippen MR) is 99.1 cm³/mol. The molecule has 0 saturated heterocycles. The highest BCUT2D eigenvalue weighted by Gasteiger charge is 2.60. The second-order valence-corrected chi connectivity index (χ2v) is 10.0. The van der Waals surface area contributed by atoms with Gasteiger partial charge in [-0.2, -0.15) is 0 Å². The minimum atomic E-state index is -1.14. The summed E-state index contributed by atoms with van der Waals surface area (Å²) >= 11 is 0. The van der Waals surface area contributed by atoms with Gasteiger partial charge >= 0.3 is 5.97 Å².